The lowest BCUT2D eigenvalue weighted by Gasteiger charge is -2.22. The predicted octanol–water partition coefficient (Wildman–Crippen LogP) is 5.70. The van der Waals surface area contributed by atoms with E-state index in [-0.39, 0.29) is 0 Å². The summed E-state index contributed by atoms with van der Waals surface area (Å²) in [6.07, 6.45) is 9.30. The first-order chi connectivity index (χ1) is 9.70. The molecule has 1 aromatic rings. The van der Waals surface area contributed by atoms with Gasteiger partial charge in [-0.05, 0) is 49.9 Å². The van der Waals surface area contributed by atoms with Crippen LogP contribution in [-0.4, -0.2) is 6.54 Å². The second kappa shape index (κ2) is 9.99. The number of benzene rings is 1. The van der Waals surface area contributed by atoms with Crippen LogP contribution in [-0.2, 0) is 0 Å². The molecule has 0 bridgehead atoms. The Morgan fingerprint density at radius 1 is 0.950 bits per heavy atom. The monoisotopic (exact) mass is 275 g/mol. The van der Waals surface area contributed by atoms with Crippen molar-refractivity contribution in [1.82, 2.24) is 5.32 Å². The maximum absolute atomic E-state index is 3.74. The first kappa shape index (κ1) is 17.2. The molecule has 0 radical (unpaired) electrons. The highest BCUT2D eigenvalue weighted by molar-refractivity contribution is 5.35. The number of unbranched alkanes of at least 4 members (excludes halogenated alkanes) is 4. The lowest BCUT2D eigenvalue weighted by molar-refractivity contribution is 0.466. The highest BCUT2D eigenvalue weighted by Crippen LogP contribution is 2.25. The van der Waals surface area contributed by atoms with E-state index in [4.69, 9.17) is 0 Å². The zero-order valence-electron chi connectivity index (χ0n) is 14.0. The van der Waals surface area contributed by atoms with E-state index in [1.807, 2.05) is 0 Å². The maximum atomic E-state index is 3.74. The van der Waals surface area contributed by atoms with Gasteiger partial charge in [-0.25, -0.2) is 0 Å². The number of hydrogen-bond acceptors (Lipinski definition) is 1. The van der Waals surface area contributed by atoms with Crippen molar-refractivity contribution in [2.45, 2.75) is 78.7 Å². The highest BCUT2D eigenvalue weighted by atomic mass is 14.9. The number of nitrogens with one attached hydrogen (secondary N) is 1. The SMILES string of the molecule is CCCCCCCC(NCCC)c1cccc(C)c1C. The van der Waals surface area contributed by atoms with Crippen LogP contribution in [0.2, 0.25) is 0 Å². The molecule has 0 aliphatic heterocycles. The van der Waals surface area contributed by atoms with Crippen LogP contribution in [0, 0.1) is 13.8 Å². The molecule has 1 aromatic carbocycles. The number of aryl methyl sites for hydroxylation is 1. The van der Waals surface area contributed by atoms with Crippen molar-refractivity contribution in [1.29, 1.82) is 0 Å². The third-order valence-electron chi connectivity index (χ3n) is 4.26. The van der Waals surface area contributed by atoms with E-state index in [1.54, 1.807) is 0 Å². The molecule has 0 saturated carbocycles. The van der Waals surface area contributed by atoms with Gasteiger partial charge in [-0.15, -0.1) is 0 Å². The van der Waals surface area contributed by atoms with E-state index in [0.29, 0.717) is 6.04 Å². The Bertz CT molecular complexity index is 370. The van der Waals surface area contributed by atoms with Gasteiger partial charge in [0.1, 0.15) is 0 Å². The van der Waals surface area contributed by atoms with Crippen LogP contribution in [0.15, 0.2) is 18.2 Å². The summed E-state index contributed by atoms with van der Waals surface area (Å²) in [4.78, 5) is 0. The van der Waals surface area contributed by atoms with Crippen LogP contribution in [0.5, 0.6) is 0 Å². The Kier molecular flexibility index (Phi) is 8.60. The molecule has 1 nitrogen and oxygen atoms in total. The van der Waals surface area contributed by atoms with Crippen molar-refractivity contribution in [3.63, 3.8) is 0 Å². The van der Waals surface area contributed by atoms with Gasteiger partial charge in [0, 0.05) is 6.04 Å². The largest absolute Gasteiger partial charge is 0.310 e. The van der Waals surface area contributed by atoms with Gasteiger partial charge >= 0.3 is 0 Å². The maximum Gasteiger partial charge on any atom is 0.0322 e. The molecular formula is C19H33N. The fourth-order valence-corrected chi connectivity index (χ4v) is 2.79. The van der Waals surface area contributed by atoms with Gasteiger partial charge in [0.2, 0.25) is 0 Å². The second-order valence-electron chi connectivity index (χ2n) is 6.00. The summed E-state index contributed by atoms with van der Waals surface area (Å²) in [5, 5.41) is 3.74. The fraction of sp³-hybridized carbons (Fsp3) is 0.684. The Balaban J connectivity index is 2.61. The standard InChI is InChI=1S/C19H33N/c1-5-7-8-9-10-14-19(20-15-6-2)18-13-11-12-16(3)17(18)4/h11-13,19-20H,5-10,14-15H2,1-4H3. The molecular weight excluding hydrogens is 242 g/mol. The van der Waals surface area contributed by atoms with Crippen molar-refractivity contribution < 1.29 is 0 Å². The van der Waals surface area contributed by atoms with E-state index in [9.17, 15) is 0 Å². The van der Waals surface area contributed by atoms with E-state index in [2.05, 4.69) is 51.2 Å². The molecule has 114 valence electrons. The molecule has 0 heterocycles. The molecule has 20 heavy (non-hydrogen) atoms. The Morgan fingerprint density at radius 3 is 2.40 bits per heavy atom. The summed E-state index contributed by atoms with van der Waals surface area (Å²) in [6, 6.07) is 7.27. The van der Waals surface area contributed by atoms with Crippen molar-refractivity contribution in [2.24, 2.45) is 0 Å². The predicted molar refractivity (Wildman–Crippen MR) is 90.3 cm³/mol. The van der Waals surface area contributed by atoms with Gasteiger partial charge in [-0.3, -0.25) is 0 Å². The molecule has 0 amide bonds. The summed E-state index contributed by atoms with van der Waals surface area (Å²) in [7, 11) is 0. The third-order valence-corrected chi connectivity index (χ3v) is 4.26. The molecule has 0 aromatic heterocycles. The summed E-state index contributed by atoms with van der Waals surface area (Å²) < 4.78 is 0. The normalized spacial score (nSPS) is 12.6. The van der Waals surface area contributed by atoms with E-state index >= 15 is 0 Å². The quantitative estimate of drug-likeness (QED) is 0.540. The Labute approximate surface area is 126 Å². The minimum Gasteiger partial charge on any atom is -0.310 e. The highest BCUT2D eigenvalue weighted by Gasteiger charge is 2.13. The minimum atomic E-state index is 0.538. The Morgan fingerprint density at radius 2 is 1.70 bits per heavy atom. The smallest absolute Gasteiger partial charge is 0.0322 e. The van der Waals surface area contributed by atoms with Gasteiger partial charge in [-0.1, -0.05) is 64.2 Å². The van der Waals surface area contributed by atoms with Gasteiger partial charge < -0.3 is 5.32 Å². The van der Waals surface area contributed by atoms with Gasteiger partial charge in [0.05, 0.1) is 0 Å². The van der Waals surface area contributed by atoms with E-state index in [0.717, 1.165) is 6.54 Å². The lowest BCUT2D eigenvalue weighted by Crippen LogP contribution is -2.23. The molecule has 0 aliphatic rings. The molecule has 1 N–H and O–H groups in total. The summed E-state index contributed by atoms with van der Waals surface area (Å²) in [5.41, 5.74) is 4.39. The zero-order chi connectivity index (χ0) is 14.8. The first-order valence-corrected chi connectivity index (χ1v) is 8.50. The summed E-state index contributed by atoms with van der Waals surface area (Å²) >= 11 is 0. The Hall–Kier alpha value is -0.820. The molecule has 1 heteroatoms. The van der Waals surface area contributed by atoms with Crippen LogP contribution < -0.4 is 5.32 Å². The topological polar surface area (TPSA) is 12.0 Å². The van der Waals surface area contributed by atoms with Crippen molar-refractivity contribution in [3.8, 4) is 0 Å². The molecule has 0 aliphatic carbocycles. The average molecular weight is 275 g/mol. The van der Waals surface area contributed by atoms with Crippen LogP contribution in [0.3, 0.4) is 0 Å². The molecule has 0 saturated heterocycles. The van der Waals surface area contributed by atoms with Crippen molar-refractivity contribution in [3.05, 3.63) is 34.9 Å². The summed E-state index contributed by atoms with van der Waals surface area (Å²) in [6.45, 7) is 10.1. The van der Waals surface area contributed by atoms with E-state index < -0.39 is 0 Å². The summed E-state index contributed by atoms with van der Waals surface area (Å²) in [5.74, 6) is 0. The lowest BCUT2D eigenvalue weighted by atomic mass is 9.93. The van der Waals surface area contributed by atoms with Gasteiger partial charge in [0.25, 0.3) is 0 Å². The second-order valence-corrected chi connectivity index (χ2v) is 6.00. The van der Waals surface area contributed by atoms with Crippen LogP contribution in [0.1, 0.15) is 81.5 Å². The molecule has 1 unspecified atom stereocenters. The van der Waals surface area contributed by atoms with E-state index in [1.165, 1.54) is 61.6 Å². The van der Waals surface area contributed by atoms with Crippen LogP contribution in [0.25, 0.3) is 0 Å². The van der Waals surface area contributed by atoms with Crippen molar-refractivity contribution >= 4 is 0 Å². The van der Waals surface area contributed by atoms with Gasteiger partial charge in [-0.2, -0.15) is 0 Å². The van der Waals surface area contributed by atoms with Gasteiger partial charge in [0.15, 0.2) is 0 Å². The minimum absolute atomic E-state index is 0.538. The molecule has 1 rings (SSSR count). The molecule has 1 atom stereocenters. The number of hydrogen-bond donors (Lipinski definition) is 1. The molecule has 0 fully saturated rings. The van der Waals surface area contributed by atoms with Crippen molar-refractivity contribution in [2.75, 3.05) is 6.54 Å². The average Bonchev–Trinajstić information content (AvgIpc) is 2.45. The molecule has 0 spiro atoms. The third kappa shape index (κ3) is 5.66. The first-order valence-electron chi connectivity index (χ1n) is 8.50. The number of rotatable bonds is 10. The van der Waals surface area contributed by atoms with Crippen LogP contribution >= 0.6 is 0 Å². The van der Waals surface area contributed by atoms with Crippen LogP contribution in [0.4, 0.5) is 0 Å². The fourth-order valence-electron chi connectivity index (χ4n) is 2.79. The zero-order valence-corrected chi connectivity index (χ0v) is 14.0.